The largest absolute Gasteiger partial charge is 0.508 e. The van der Waals surface area contributed by atoms with Crippen LogP contribution in [0.3, 0.4) is 0 Å². The van der Waals surface area contributed by atoms with Crippen LogP contribution < -0.4 is 5.32 Å². The van der Waals surface area contributed by atoms with Crippen molar-refractivity contribution in [1.82, 2.24) is 5.32 Å². The molecular weight excluding hydrogens is 206 g/mol. The van der Waals surface area contributed by atoms with Gasteiger partial charge in [-0.2, -0.15) is 0 Å². The van der Waals surface area contributed by atoms with Crippen molar-refractivity contribution in [2.45, 2.75) is 6.54 Å². The minimum absolute atomic E-state index is 0.185. The van der Waals surface area contributed by atoms with E-state index in [1.54, 1.807) is 30.3 Å². The van der Waals surface area contributed by atoms with Gasteiger partial charge in [0, 0.05) is 6.54 Å². The Labute approximate surface area is 92.5 Å². The van der Waals surface area contributed by atoms with Gasteiger partial charge < -0.3 is 14.8 Å². The standard InChI is InChI=1S/C12H11NO3/c14-10-4-1-3-9(7-10)8-13-12(15)11-5-2-6-16-11/h1-7,14H,8H2,(H,13,15). The molecule has 16 heavy (non-hydrogen) atoms. The van der Waals surface area contributed by atoms with Gasteiger partial charge in [0.1, 0.15) is 5.75 Å². The molecule has 0 fully saturated rings. The molecule has 2 rings (SSSR count). The molecular formula is C12H11NO3. The van der Waals surface area contributed by atoms with Gasteiger partial charge in [0.25, 0.3) is 5.91 Å². The molecule has 0 saturated carbocycles. The number of aromatic hydroxyl groups is 1. The summed E-state index contributed by atoms with van der Waals surface area (Å²) in [4.78, 5) is 11.5. The SMILES string of the molecule is O=C(NCc1cccc(O)c1)c1ccco1. The van der Waals surface area contributed by atoms with Gasteiger partial charge in [0.2, 0.25) is 0 Å². The van der Waals surface area contributed by atoms with Crippen molar-refractivity contribution in [3.05, 3.63) is 54.0 Å². The molecule has 1 amide bonds. The zero-order valence-corrected chi connectivity index (χ0v) is 8.51. The van der Waals surface area contributed by atoms with Crippen molar-refractivity contribution in [3.63, 3.8) is 0 Å². The minimum atomic E-state index is -0.270. The van der Waals surface area contributed by atoms with Crippen molar-refractivity contribution >= 4 is 5.91 Å². The van der Waals surface area contributed by atoms with Gasteiger partial charge in [0.05, 0.1) is 6.26 Å². The summed E-state index contributed by atoms with van der Waals surface area (Å²) in [6.07, 6.45) is 1.45. The summed E-state index contributed by atoms with van der Waals surface area (Å²) < 4.78 is 4.95. The average Bonchev–Trinajstić information content (AvgIpc) is 2.79. The van der Waals surface area contributed by atoms with Crippen LogP contribution in [0.2, 0.25) is 0 Å². The summed E-state index contributed by atoms with van der Waals surface area (Å²) in [6, 6.07) is 9.98. The lowest BCUT2D eigenvalue weighted by Crippen LogP contribution is -2.22. The number of furan rings is 1. The van der Waals surface area contributed by atoms with E-state index in [0.29, 0.717) is 6.54 Å². The van der Waals surface area contributed by atoms with Crippen LogP contribution in [0.25, 0.3) is 0 Å². The fourth-order valence-corrected chi connectivity index (χ4v) is 1.34. The first-order valence-corrected chi connectivity index (χ1v) is 4.85. The van der Waals surface area contributed by atoms with Crippen LogP contribution >= 0.6 is 0 Å². The second kappa shape index (κ2) is 4.53. The summed E-state index contributed by atoms with van der Waals surface area (Å²) in [5, 5.41) is 11.9. The maximum Gasteiger partial charge on any atom is 0.287 e. The van der Waals surface area contributed by atoms with Crippen LogP contribution in [-0.2, 0) is 6.54 Å². The first-order chi connectivity index (χ1) is 7.75. The molecule has 2 N–H and O–H groups in total. The molecule has 0 spiro atoms. The third kappa shape index (κ3) is 2.42. The van der Waals surface area contributed by atoms with Crippen molar-refractivity contribution in [2.75, 3.05) is 0 Å². The highest BCUT2D eigenvalue weighted by Gasteiger charge is 2.07. The Morgan fingerprint density at radius 3 is 2.88 bits per heavy atom. The van der Waals surface area contributed by atoms with Gasteiger partial charge in [-0.25, -0.2) is 0 Å². The number of carbonyl (C=O) groups is 1. The number of nitrogens with one attached hydrogen (secondary N) is 1. The molecule has 4 heteroatoms. The molecule has 1 aromatic carbocycles. The molecule has 0 atom stereocenters. The lowest BCUT2D eigenvalue weighted by atomic mass is 10.2. The Bertz CT molecular complexity index is 477. The van der Waals surface area contributed by atoms with E-state index < -0.39 is 0 Å². The van der Waals surface area contributed by atoms with E-state index in [9.17, 15) is 9.90 Å². The summed E-state index contributed by atoms with van der Waals surface area (Å²) in [5.41, 5.74) is 0.833. The summed E-state index contributed by atoms with van der Waals surface area (Å²) in [7, 11) is 0. The maximum atomic E-state index is 11.5. The van der Waals surface area contributed by atoms with Gasteiger partial charge in [-0.05, 0) is 29.8 Å². The third-order valence-corrected chi connectivity index (χ3v) is 2.11. The van der Waals surface area contributed by atoms with E-state index in [-0.39, 0.29) is 17.4 Å². The molecule has 0 unspecified atom stereocenters. The summed E-state index contributed by atoms with van der Waals surface area (Å²) >= 11 is 0. The van der Waals surface area contributed by atoms with Gasteiger partial charge in [0.15, 0.2) is 5.76 Å². The highest BCUT2D eigenvalue weighted by Crippen LogP contribution is 2.10. The monoisotopic (exact) mass is 217 g/mol. The van der Waals surface area contributed by atoms with Crippen LogP contribution in [0.4, 0.5) is 0 Å². The number of hydrogen-bond donors (Lipinski definition) is 2. The van der Waals surface area contributed by atoms with E-state index in [1.807, 2.05) is 6.07 Å². The smallest absolute Gasteiger partial charge is 0.287 e. The van der Waals surface area contributed by atoms with E-state index in [0.717, 1.165) is 5.56 Å². The molecule has 0 aliphatic rings. The minimum Gasteiger partial charge on any atom is -0.508 e. The fraction of sp³-hybridized carbons (Fsp3) is 0.0833. The van der Waals surface area contributed by atoms with Gasteiger partial charge in [-0.1, -0.05) is 12.1 Å². The third-order valence-electron chi connectivity index (χ3n) is 2.11. The molecule has 82 valence electrons. The second-order valence-corrected chi connectivity index (χ2v) is 3.33. The van der Waals surface area contributed by atoms with E-state index >= 15 is 0 Å². The van der Waals surface area contributed by atoms with Crippen molar-refractivity contribution in [3.8, 4) is 5.75 Å². The van der Waals surface area contributed by atoms with Gasteiger partial charge >= 0.3 is 0 Å². The Balaban J connectivity index is 1.95. The fourth-order valence-electron chi connectivity index (χ4n) is 1.34. The van der Waals surface area contributed by atoms with Crippen LogP contribution in [0.5, 0.6) is 5.75 Å². The molecule has 0 aliphatic carbocycles. The lowest BCUT2D eigenvalue weighted by Gasteiger charge is -2.03. The zero-order valence-electron chi connectivity index (χ0n) is 8.51. The zero-order chi connectivity index (χ0) is 11.4. The van der Waals surface area contributed by atoms with Crippen LogP contribution in [-0.4, -0.2) is 11.0 Å². The molecule has 1 heterocycles. The number of amides is 1. The van der Waals surface area contributed by atoms with Crippen LogP contribution in [0.1, 0.15) is 16.1 Å². The molecule has 0 bridgehead atoms. The average molecular weight is 217 g/mol. The molecule has 4 nitrogen and oxygen atoms in total. The Hall–Kier alpha value is -2.23. The molecule has 0 radical (unpaired) electrons. The van der Waals surface area contributed by atoms with Crippen molar-refractivity contribution in [2.24, 2.45) is 0 Å². The highest BCUT2D eigenvalue weighted by atomic mass is 16.3. The molecule has 2 aromatic rings. The van der Waals surface area contributed by atoms with E-state index in [1.165, 1.54) is 6.26 Å². The van der Waals surface area contributed by atoms with Crippen molar-refractivity contribution in [1.29, 1.82) is 0 Å². The van der Waals surface area contributed by atoms with E-state index in [4.69, 9.17) is 4.42 Å². The molecule has 0 saturated heterocycles. The Morgan fingerprint density at radius 1 is 1.31 bits per heavy atom. The Morgan fingerprint density at radius 2 is 2.19 bits per heavy atom. The summed E-state index contributed by atoms with van der Waals surface area (Å²) in [5.74, 6) is 0.193. The second-order valence-electron chi connectivity index (χ2n) is 3.33. The molecule has 0 aliphatic heterocycles. The number of hydrogen-bond acceptors (Lipinski definition) is 3. The van der Waals surface area contributed by atoms with Crippen LogP contribution in [0.15, 0.2) is 47.1 Å². The summed E-state index contributed by atoms with van der Waals surface area (Å²) in [6.45, 7) is 0.355. The first kappa shape index (κ1) is 10.3. The number of phenols is 1. The van der Waals surface area contributed by atoms with E-state index in [2.05, 4.69) is 5.32 Å². The molecule has 1 aromatic heterocycles. The predicted octanol–water partition coefficient (Wildman–Crippen LogP) is 1.92. The highest BCUT2D eigenvalue weighted by molar-refractivity contribution is 5.91. The van der Waals surface area contributed by atoms with Crippen molar-refractivity contribution < 1.29 is 14.3 Å². The first-order valence-electron chi connectivity index (χ1n) is 4.85. The lowest BCUT2D eigenvalue weighted by molar-refractivity contribution is 0.0923. The van der Waals surface area contributed by atoms with Crippen LogP contribution in [0, 0.1) is 0 Å². The quantitative estimate of drug-likeness (QED) is 0.825. The van der Waals surface area contributed by atoms with Gasteiger partial charge in [-0.15, -0.1) is 0 Å². The number of phenolic OH excluding ortho intramolecular Hbond substituents is 1. The maximum absolute atomic E-state index is 11.5. The topological polar surface area (TPSA) is 62.5 Å². The predicted molar refractivity (Wildman–Crippen MR) is 58.0 cm³/mol. The van der Waals surface area contributed by atoms with Gasteiger partial charge in [-0.3, -0.25) is 4.79 Å². The number of benzene rings is 1. The normalized spacial score (nSPS) is 10.0. The number of carbonyl (C=O) groups excluding carboxylic acids is 1. The number of rotatable bonds is 3. The Kier molecular flexibility index (Phi) is 2.91.